The summed E-state index contributed by atoms with van der Waals surface area (Å²) in [6.07, 6.45) is 66.6. The number of aliphatic hydroxyl groups excluding tert-OH is 3. The second-order valence-electron chi connectivity index (χ2n) is 19.5. The molecule has 1 saturated heterocycles. The van der Waals surface area contributed by atoms with Crippen LogP contribution in [0.3, 0.4) is 0 Å². The fourth-order valence-electron chi connectivity index (χ4n) is 8.26. The van der Waals surface area contributed by atoms with E-state index in [4.69, 9.17) is 18.9 Å². The van der Waals surface area contributed by atoms with E-state index in [9.17, 15) is 33.1 Å². The van der Waals surface area contributed by atoms with Crippen molar-refractivity contribution in [3.8, 4) is 0 Å². The third kappa shape index (κ3) is 44.5. The molecule has 0 spiro atoms. The summed E-state index contributed by atoms with van der Waals surface area (Å²) in [4.78, 5) is 13.0. The lowest BCUT2D eigenvalue weighted by atomic mass is 9.99. The monoisotopic (exact) mass is 1080 g/mol. The highest BCUT2D eigenvalue weighted by molar-refractivity contribution is 7.80. The van der Waals surface area contributed by atoms with Gasteiger partial charge in [0.25, 0.3) is 0 Å². The molecule has 434 valence electrons. The van der Waals surface area contributed by atoms with Gasteiger partial charge in [-0.1, -0.05) is 219 Å². The van der Waals surface area contributed by atoms with Crippen LogP contribution in [0.5, 0.6) is 0 Å². The third-order valence-electron chi connectivity index (χ3n) is 12.6. The molecule has 76 heavy (non-hydrogen) atoms. The van der Waals surface area contributed by atoms with Crippen LogP contribution in [0.15, 0.2) is 122 Å². The summed E-state index contributed by atoms with van der Waals surface area (Å²) in [6, 6.07) is 0. The van der Waals surface area contributed by atoms with E-state index in [1.807, 2.05) is 0 Å². The van der Waals surface area contributed by atoms with Crippen molar-refractivity contribution in [1.82, 2.24) is 0 Å². The maximum atomic E-state index is 13.0. The summed E-state index contributed by atoms with van der Waals surface area (Å²) in [6.45, 7) is 3.73. The van der Waals surface area contributed by atoms with Crippen molar-refractivity contribution in [3.63, 3.8) is 0 Å². The van der Waals surface area contributed by atoms with E-state index in [2.05, 4.69) is 140 Å². The smallest absolute Gasteiger partial charge is 0.397 e. The van der Waals surface area contributed by atoms with E-state index in [1.54, 1.807) is 0 Å². The molecular weight excluding hydrogens is 981 g/mol. The van der Waals surface area contributed by atoms with Crippen molar-refractivity contribution in [1.29, 1.82) is 0 Å². The first-order chi connectivity index (χ1) is 37.1. The number of allylic oxidation sites excluding steroid dienone is 20. The van der Waals surface area contributed by atoms with Crippen LogP contribution in [-0.2, 0) is 38.3 Å². The maximum Gasteiger partial charge on any atom is 0.397 e. The topological polar surface area (TPSA) is 178 Å². The molecule has 1 heterocycles. The molecule has 1 aliphatic rings. The van der Waals surface area contributed by atoms with E-state index in [0.29, 0.717) is 13.0 Å². The first-order valence-electron chi connectivity index (χ1n) is 29.3. The highest BCUT2D eigenvalue weighted by atomic mass is 32.3. The quantitative estimate of drug-likeness (QED) is 0.0196. The van der Waals surface area contributed by atoms with Crippen LogP contribution >= 0.6 is 0 Å². The summed E-state index contributed by atoms with van der Waals surface area (Å²) >= 11 is 0. The Morgan fingerprint density at radius 2 is 0.868 bits per heavy atom. The average Bonchev–Trinajstić information content (AvgIpc) is 3.40. The Kier molecular flexibility index (Phi) is 48.4. The summed E-state index contributed by atoms with van der Waals surface area (Å²) in [5, 5.41) is 30.9. The Hall–Kier alpha value is -3.50. The molecule has 1 aliphatic heterocycles. The number of unbranched alkanes of at least 4 members (excludes halogenated alkanes) is 17. The minimum absolute atomic E-state index is 0.0167. The SMILES string of the molecule is CC/C=C\C/C=C\C/C=C\C/C=C\C/C=C\C/C=C\CCCCCCC(=O)OC(COCCCCCCCCCCCCCCC/C=C\C/C=C\C/C=C\C/C=C\CC)COC1OC(CO)C(O)C(OS(=O)(=O)O)C1O. The number of carbonyl (C=O) groups excluding carboxylic acids is 1. The first-order valence-corrected chi connectivity index (χ1v) is 30.7. The zero-order chi connectivity index (χ0) is 55.3. The van der Waals surface area contributed by atoms with E-state index < -0.39 is 59.8 Å². The second kappa shape index (κ2) is 52.2. The van der Waals surface area contributed by atoms with Crippen LogP contribution in [0.4, 0.5) is 0 Å². The van der Waals surface area contributed by atoms with Gasteiger partial charge >= 0.3 is 16.4 Å². The normalized spacial score (nSPS) is 19.5. The average molecular weight is 1090 g/mol. The van der Waals surface area contributed by atoms with E-state index in [-0.39, 0.29) is 19.6 Å². The lowest BCUT2D eigenvalue weighted by Crippen LogP contribution is -2.60. The van der Waals surface area contributed by atoms with Gasteiger partial charge in [0.15, 0.2) is 6.29 Å². The van der Waals surface area contributed by atoms with Crippen molar-refractivity contribution >= 4 is 16.4 Å². The number of ether oxygens (including phenoxy) is 4. The minimum Gasteiger partial charge on any atom is -0.457 e. The molecule has 6 atom stereocenters. The van der Waals surface area contributed by atoms with Crippen LogP contribution in [0.2, 0.25) is 0 Å². The largest absolute Gasteiger partial charge is 0.457 e. The molecule has 0 aromatic rings. The van der Waals surface area contributed by atoms with Crippen molar-refractivity contribution in [2.24, 2.45) is 0 Å². The van der Waals surface area contributed by atoms with Crippen molar-refractivity contribution in [2.45, 2.75) is 243 Å². The molecule has 1 fully saturated rings. The van der Waals surface area contributed by atoms with E-state index in [0.717, 1.165) is 109 Å². The Balaban J connectivity index is 2.32. The lowest BCUT2D eigenvalue weighted by Gasteiger charge is -2.41. The molecule has 0 aliphatic carbocycles. The summed E-state index contributed by atoms with van der Waals surface area (Å²) in [5.74, 6) is -0.427. The molecule has 0 aromatic heterocycles. The summed E-state index contributed by atoms with van der Waals surface area (Å²) in [7, 11) is -5.08. The Morgan fingerprint density at radius 3 is 1.26 bits per heavy atom. The van der Waals surface area contributed by atoms with Gasteiger partial charge < -0.3 is 34.3 Å². The number of esters is 1. The van der Waals surface area contributed by atoms with Crippen molar-refractivity contribution < 1.29 is 56.2 Å². The van der Waals surface area contributed by atoms with Crippen molar-refractivity contribution in [3.05, 3.63) is 122 Å². The Morgan fingerprint density at radius 1 is 0.500 bits per heavy atom. The molecule has 12 nitrogen and oxygen atoms in total. The molecule has 0 aromatic carbocycles. The van der Waals surface area contributed by atoms with E-state index >= 15 is 0 Å². The van der Waals surface area contributed by atoms with Gasteiger partial charge in [0, 0.05) is 13.0 Å². The number of rotatable bonds is 50. The fraction of sp³-hybridized carbons (Fsp3) is 0.667. The van der Waals surface area contributed by atoms with E-state index in [1.165, 1.54) is 70.6 Å². The molecule has 0 radical (unpaired) electrons. The third-order valence-corrected chi connectivity index (χ3v) is 13.0. The number of aliphatic hydroxyl groups is 3. The van der Waals surface area contributed by atoms with Crippen LogP contribution in [-0.4, -0.2) is 97.5 Å². The number of hydrogen-bond donors (Lipinski definition) is 4. The van der Waals surface area contributed by atoms with Gasteiger partial charge in [-0.25, -0.2) is 4.18 Å². The first kappa shape index (κ1) is 70.5. The molecule has 0 saturated carbocycles. The van der Waals surface area contributed by atoms with Crippen LogP contribution in [0.1, 0.15) is 206 Å². The zero-order valence-corrected chi connectivity index (χ0v) is 47.8. The Labute approximate surface area is 461 Å². The molecule has 4 N–H and O–H groups in total. The molecule has 0 bridgehead atoms. The van der Waals surface area contributed by atoms with Gasteiger partial charge in [-0.05, 0) is 103 Å². The Bertz CT molecular complexity index is 1780. The standard InChI is InChI=1S/C63H104O12S/c1-3-5-7-9-11-13-15-17-19-21-23-25-27-28-29-31-33-35-37-39-41-43-45-47-49-51-53-71-55-57(56-72-63-61(67)62(75-76(68,69)70)60(66)58(54-64)74-63)73-59(65)52-50-48-46-44-42-40-38-36-34-32-30-26-24-22-20-18-16-14-12-10-8-6-4-2/h5-8,11-14,17-20,23-26,32,34,38,40,57-58,60-64,66-67H,3-4,9-10,15-16,21-22,27-31,33,35-37,39,41-56H2,1-2H3,(H,68,69,70)/b7-5-,8-6-,13-11-,14-12-,19-17-,20-18-,25-23-,26-24-,34-32-,40-38-. The summed E-state index contributed by atoms with van der Waals surface area (Å²) in [5.41, 5.74) is 0. The minimum atomic E-state index is -5.08. The lowest BCUT2D eigenvalue weighted by molar-refractivity contribution is -0.301. The highest BCUT2D eigenvalue weighted by Gasteiger charge is 2.48. The number of carbonyl (C=O) groups is 1. The van der Waals surface area contributed by atoms with Crippen molar-refractivity contribution in [2.75, 3.05) is 26.4 Å². The van der Waals surface area contributed by atoms with Gasteiger partial charge in [0.05, 0.1) is 19.8 Å². The van der Waals surface area contributed by atoms with Gasteiger partial charge in [0.2, 0.25) is 0 Å². The molecule has 1 rings (SSSR count). The van der Waals surface area contributed by atoms with Crippen LogP contribution in [0, 0.1) is 0 Å². The van der Waals surface area contributed by atoms with Crippen LogP contribution < -0.4 is 0 Å². The summed E-state index contributed by atoms with van der Waals surface area (Å²) < 4.78 is 59.4. The van der Waals surface area contributed by atoms with Gasteiger partial charge in [-0.2, -0.15) is 8.42 Å². The van der Waals surface area contributed by atoms with Gasteiger partial charge in [-0.3, -0.25) is 9.35 Å². The fourth-order valence-corrected chi connectivity index (χ4v) is 8.76. The molecule has 13 heteroatoms. The predicted octanol–water partition coefficient (Wildman–Crippen LogP) is 14.9. The second-order valence-corrected chi connectivity index (χ2v) is 20.5. The van der Waals surface area contributed by atoms with Crippen LogP contribution in [0.25, 0.3) is 0 Å². The van der Waals surface area contributed by atoms with Gasteiger partial charge in [0.1, 0.15) is 30.5 Å². The number of hydrogen-bond acceptors (Lipinski definition) is 11. The molecule has 6 unspecified atom stereocenters. The molecular formula is C63H104O12S. The predicted molar refractivity (Wildman–Crippen MR) is 312 cm³/mol. The maximum absolute atomic E-state index is 13.0. The highest BCUT2D eigenvalue weighted by Crippen LogP contribution is 2.26. The molecule has 0 amide bonds. The zero-order valence-electron chi connectivity index (χ0n) is 47.0. The van der Waals surface area contributed by atoms with Gasteiger partial charge in [-0.15, -0.1) is 0 Å².